The number of phenols is 1. The monoisotopic (exact) mass is 453 g/mol. The minimum absolute atomic E-state index is 0.0689. The van der Waals surface area contributed by atoms with E-state index in [0.717, 1.165) is 10.3 Å². The molecule has 1 fully saturated rings. The molecule has 0 saturated carbocycles. The summed E-state index contributed by atoms with van der Waals surface area (Å²) in [6.45, 7) is 3.28. The quantitative estimate of drug-likeness (QED) is 0.527. The van der Waals surface area contributed by atoms with Crippen molar-refractivity contribution in [1.82, 2.24) is 15.6 Å². The number of ether oxygens (including phenoxy) is 1. The lowest BCUT2D eigenvalue weighted by molar-refractivity contribution is -0.130. The normalized spacial score (nSPS) is 21.4. The molecule has 1 aliphatic rings. The summed E-state index contributed by atoms with van der Waals surface area (Å²) in [5, 5.41) is 15.1. The van der Waals surface area contributed by atoms with Crippen molar-refractivity contribution in [2.45, 2.75) is 38.0 Å². The molecular weight excluding hydrogens is 430 g/mol. The van der Waals surface area contributed by atoms with Crippen molar-refractivity contribution in [1.29, 1.82) is 0 Å². The Balaban J connectivity index is 1.57. The van der Waals surface area contributed by atoms with E-state index in [1.165, 1.54) is 23.5 Å². The zero-order chi connectivity index (χ0) is 22.9. The van der Waals surface area contributed by atoms with Crippen LogP contribution in [0.2, 0.25) is 0 Å². The van der Waals surface area contributed by atoms with E-state index < -0.39 is 29.5 Å². The number of nitrogens with zero attached hydrogens (tertiary/aromatic N) is 1. The third kappa shape index (κ3) is 4.35. The van der Waals surface area contributed by atoms with E-state index in [2.05, 4.69) is 15.6 Å². The lowest BCUT2D eigenvalue weighted by Crippen LogP contribution is -2.60. The Kier molecular flexibility index (Phi) is 5.94. The van der Waals surface area contributed by atoms with Crippen LogP contribution in [-0.4, -0.2) is 52.0 Å². The van der Waals surface area contributed by atoms with E-state index in [0.29, 0.717) is 11.1 Å². The van der Waals surface area contributed by atoms with Gasteiger partial charge >= 0.3 is 0 Å². The molecule has 9 heteroatoms. The zero-order valence-corrected chi connectivity index (χ0v) is 18.4. The zero-order valence-electron chi connectivity index (χ0n) is 17.6. The van der Waals surface area contributed by atoms with Crippen LogP contribution in [0.15, 0.2) is 48.0 Å². The number of rotatable bonds is 6. The first-order valence-electron chi connectivity index (χ1n) is 10.2. The van der Waals surface area contributed by atoms with Gasteiger partial charge in [0.25, 0.3) is 5.91 Å². The number of phenolic OH excluding ortho intramolecular Hbond substituents is 1. The highest BCUT2D eigenvalue weighted by Crippen LogP contribution is 2.23. The van der Waals surface area contributed by atoms with E-state index in [4.69, 9.17) is 4.74 Å². The first kappa shape index (κ1) is 21.9. The number of nitrogens with one attached hydrogen (secondary N) is 2. The van der Waals surface area contributed by atoms with Crippen LogP contribution in [0, 0.1) is 0 Å². The lowest BCUT2D eigenvalue weighted by Gasteiger charge is -2.30. The van der Waals surface area contributed by atoms with Crippen LogP contribution in [0.4, 0.5) is 0 Å². The molecule has 0 spiro atoms. The molecule has 1 saturated heterocycles. The van der Waals surface area contributed by atoms with Gasteiger partial charge in [0, 0.05) is 12.0 Å². The number of ketones is 1. The van der Waals surface area contributed by atoms with Crippen LogP contribution >= 0.6 is 11.3 Å². The first-order valence-corrected chi connectivity index (χ1v) is 11.0. The van der Waals surface area contributed by atoms with Crippen LogP contribution in [0.5, 0.6) is 5.75 Å². The highest BCUT2D eigenvalue weighted by Gasteiger charge is 2.47. The fourth-order valence-electron chi connectivity index (χ4n) is 3.58. The third-order valence-corrected chi connectivity index (χ3v) is 6.64. The van der Waals surface area contributed by atoms with Crippen molar-refractivity contribution >= 4 is 39.2 Å². The van der Waals surface area contributed by atoms with Crippen LogP contribution in [0.3, 0.4) is 0 Å². The molecule has 1 aliphatic heterocycles. The molecule has 166 valence electrons. The molecule has 32 heavy (non-hydrogen) atoms. The van der Waals surface area contributed by atoms with E-state index in [1.54, 1.807) is 43.6 Å². The van der Waals surface area contributed by atoms with Crippen molar-refractivity contribution in [3.05, 3.63) is 59.1 Å². The molecule has 8 nitrogen and oxygen atoms in total. The number of benzene rings is 2. The third-order valence-electron chi connectivity index (χ3n) is 5.83. The second kappa shape index (κ2) is 8.68. The fourth-order valence-corrected chi connectivity index (χ4v) is 4.23. The van der Waals surface area contributed by atoms with Gasteiger partial charge < -0.3 is 20.5 Å². The number of amides is 2. The number of fused-ring (bicyclic) bond motifs is 1. The van der Waals surface area contributed by atoms with Gasteiger partial charge in [-0.15, -0.1) is 11.3 Å². The van der Waals surface area contributed by atoms with Crippen molar-refractivity contribution in [3.63, 3.8) is 0 Å². The van der Waals surface area contributed by atoms with Crippen LogP contribution < -0.4 is 10.6 Å². The number of thiazole rings is 1. The van der Waals surface area contributed by atoms with Gasteiger partial charge in [0.15, 0.2) is 5.78 Å². The molecule has 3 atom stereocenters. The minimum atomic E-state index is -1.17. The summed E-state index contributed by atoms with van der Waals surface area (Å²) in [6, 6.07) is 10.6. The molecule has 0 radical (unpaired) electrons. The second-order valence-corrected chi connectivity index (χ2v) is 8.89. The first-order chi connectivity index (χ1) is 15.3. The van der Waals surface area contributed by atoms with Gasteiger partial charge in [-0.3, -0.25) is 14.4 Å². The number of carbonyl (C=O) groups is 3. The molecule has 1 aromatic heterocycles. The van der Waals surface area contributed by atoms with Gasteiger partial charge in [-0.25, -0.2) is 4.98 Å². The van der Waals surface area contributed by atoms with E-state index in [9.17, 15) is 19.5 Å². The molecule has 3 unspecified atom stereocenters. The van der Waals surface area contributed by atoms with Crippen LogP contribution in [0.1, 0.15) is 29.8 Å². The molecule has 0 bridgehead atoms. The van der Waals surface area contributed by atoms with Crippen LogP contribution in [0.25, 0.3) is 10.2 Å². The number of Topliss-reactive ketones (excluding diaryl/α,β-unsaturated/α-hetero) is 1. The molecule has 3 aromatic rings. The number of aromatic hydroxyl groups is 1. The standard InChI is InChI=1S/C23H23N3O5S/c1-13-23(2,20(28)11-31-13)26-22(30)18(9-14-3-6-16(27)7-4-14)25-21(29)15-5-8-19-17(10-15)24-12-32-19/h3-8,10,12-13,18,27H,9,11H2,1-2H3,(H,25,29)(H,26,30). The molecule has 2 amide bonds. The second-order valence-electron chi connectivity index (χ2n) is 8.00. The fraction of sp³-hybridized carbons (Fsp3) is 0.304. The van der Waals surface area contributed by atoms with E-state index >= 15 is 0 Å². The van der Waals surface area contributed by atoms with Gasteiger partial charge in [0.1, 0.15) is 23.9 Å². The predicted molar refractivity (Wildman–Crippen MR) is 120 cm³/mol. The minimum Gasteiger partial charge on any atom is -0.508 e. The Bertz CT molecular complexity index is 1180. The molecular formula is C23H23N3O5S. The Morgan fingerprint density at radius 2 is 2.03 bits per heavy atom. The highest BCUT2D eigenvalue weighted by atomic mass is 32.1. The maximum atomic E-state index is 13.2. The maximum Gasteiger partial charge on any atom is 0.252 e. The SMILES string of the molecule is CC1OCC(=O)C1(C)NC(=O)C(Cc1ccc(O)cc1)NC(=O)c1ccc2scnc2c1. The Labute approximate surface area is 188 Å². The number of hydrogen-bond donors (Lipinski definition) is 3. The molecule has 2 aromatic carbocycles. The maximum absolute atomic E-state index is 13.2. The summed E-state index contributed by atoms with van der Waals surface area (Å²) in [5.74, 6) is -1.03. The van der Waals surface area contributed by atoms with Crippen LogP contribution in [-0.2, 0) is 20.7 Å². The largest absolute Gasteiger partial charge is 0.508 e. The average Bonchev–Trinajstić information content (AvgIpc) is 3.34. The highest BCUT2D eigenvalue weighted by molar-refractivity contribution is 7.16. The van der Waals surface area contributed by atoms with Crippen molar-refractivity contribution < 1.29 is 24.2 Å². The van der Waals surface area contributed by atoms with Crippen molar-refractivity contribution in [2.75, 3.05) is 6.61 Å². The summed E-state index contributed by atoms with van der Waals surface area (Å²) in [5.41, 5.74) is 2.36. The average molecular weight is 454 g/mol. The number of carbonyl (C=O) groups excluding carboxylic acids is 3. The summed E-state index contributed by atoms with van der Waals surface area (Å²) in [7, 11) is 0. The van der Waals surface area contributed by atoms with Gasteiger partial charge in [0.2, 0.25) is 5.91 Å². The van der Waals surface area contributed by atoms with Crippen molar-refractivity contribution in [3.8, 4) is 5.75 Å². The molecule has 4 rings (SSSR count). The summed E-state index contributed by atoms with van der Waals surface area (Å²) >= 11 is 1.48. The Morgan fingerprint density at radius 1 is 1.28 bits per heavy atom. The van der Waals surface area contributed by atoms with Gasteiger partial charge in [-0.05, 0) is 49.7 Å². The number of hydrogen-bond acceptors (Lipinski definition) is 7. The summed E-state index contributed by atoms with van der Waals surface area (Å²) < 4.78 is 6.35. The summed E-state index contributed by atoms with van der Waals surface area (Å²) in [4.78, 5) is 42.8. The topological polar surface area (TPSA) is 118 Å². The Hall–Kier alpha value is -3.30. The van der Waals surface area contributed by atoms with Gasteiger partial charge in [-0.2, -0.15) is 0 Å². The predicted octanol–water partition coefficient (Wildman–Crippen LogP) is 2.21. The number of aromatic nitrogens is 1. The van der Waals surface area contributed by atoms with Gasteiger partial charge in [0.05, 0.1) is 21.8 Å². The molecule has 0 aliphatic carbocycles. The van der Waals surface area contributed by atoms with E-state index in [-0.39, 0.29) is 24.6 Å². The van der Waals surface area contributed by atoms with E-state index in [1.807, 2.05) is 6.07 Å². The Morgan fingerprint density at radius 3 is 2.72 bits per heavy atom. The summed E-state index contributed by atoms with van der Waals surface area (Å²) in [6.07, 6.45) is -0.313. The van der Waals surface area contributed by atoms with Crippen molar-refractivity contribution in [2.24, 2.45) is 0 Å². The lowest BCUT2D eigenvalue weighted by atomic mass is 9.92. The smallest absolute Gasteiger partial charge is 0.252 e. The molecule has 3 N–H and O–H groups in total. The molecule has 2 heterocycles. The van der Waals surface area contributed by atoms with Gasteiger partial charge in [-0.1, -0.05) is 12.1 Å².